The second-order valence-electron chi connectivity index (χ2n) is 5.08. The highest BCUT2D eigenvalue weighted by Gasteiger charge is 2.09. The predicted molar refractivity (Wildman–Crippen MR) is 86.3 cm³/mol. The lowest BCUT2D eigenvalue weighted by atomic mass is 10.2. The van der Waals surface area contributed by atoms with E-state index in [9.17, 15) is 0 Å². The van der Waals surface area contributed by atoms with Crippen molar-refractivity contribution in [1.82, 2.24) is 15.2 Å². The van der Waals surface area contributed by atoms with Gasteiger partial charge in [0.1, 0.15) is 5.52 Å². The van der Waals surface area contributed by atoms with E-state index in [1.807, 2.05) is 19.1 Å². The van der Waals surface area contributed by atoms with Crippen molar-refractivity contribution in [3.05, 3.63) is 47.2 Å². The molecule has 0 saturated heterocycles. The van der Waals surface area contributed by atoms with Gasteiger partial charge in [0, 0.05) is 29.9 Å². The largest absolute Gasteiger partial charge is 0.378 e. The highest BCUT2D eigenvalue weighted by atomic mass is 32.1. The third-order valence-electron chi connectivity index (χ3n) is 3.12. The molecule has 3 rings (SSSR count). The van der Waals surface area contributed by atoms with E-state index in [4.69, 9.17) is 5.73 Å². The Labute approximate surface area is 127 Å². The van der Waals surface area contributed by atoms with Gasteiger partial charge < -0.3 is 11.1 Å². The molecule has 5 nitrogen and oxygen atoms in total. The highest BCUT2D eigenvalue weighted by Crippen LogP contribution is 2.30. The molecule has 0 spiro atoms. The highest BCUT2D eigenvalue weighted by molar-refractivity contribution is 7.19. The van der Waals surface area contributed by atoms with E-state index >= 15 is 0 Å². The average molecular weight is 299 g/mol. The van der Waals surface area contributed by atoms with Gasteiger partial charge in [-0.3, -0.25) is 4.98 Å². The number of fused-ring (bicyclic) bond motifs is 1. The third kappa shape index (κ3) is 3.34. The van der Waals surface area contributed by atoms with E-state index in [2.05, 4.69) is 26.6 Å². The molecule has 3 N–H and O–H groups in total. The van der Waals surface area contributed by atoms with Crippen LogP contribution in [-0.2, 0) is 13.0 Å². The molecule has 0 unspecified atom stereocenters. The average Bonchev–Trinajstić information content (AvgIpc) is 2.88. The lowest BCUT2D eigenvalue weighted by Crippen LogP contribution is -2.16. The fraction of sp³-hybridized carbons (Fsp3) is 0.267. The zero-order chi connectivity index (χ0) is 14.7. The first-order valence-corrected chi connectivity index (χ1v) is 7.66. The van der Waals surface area contributed by atoms with Gasteiger partial charge in [0.05, 0.1) is 16.6 Å². The molecule has 21 heavy (non-hydrogen) atoms. The van der Waals surface area contributed by atoms with E-state index in [1.54, 1.807) is 29.9 Å². The van der Waals surface area contributed by atoms with Gasteiger partial charge in [-0.05, 0) is 37.1 Å². The lowest BCUT2D eigenvalue weighted by Gasteiger charge is -2.06. The van der Waals surface area contributed by atoms with Crippen molar-refractivity contribution in [3.8, 4) is 0 Å². The lowest BCUT2D eigenvalue weighted by molar-refractivity contribution is 0.747. The first-order chi connectivity index (χ1) is 10.2. The summed E-state index contributed by atoms with van der Waals surface area (Å²) in [6.07, 6.45) is 6.23. The molecule has 3 heterocycles. The summed E-state index contributed by atoms with van der Waals surface area (Å²) in [5, 5.41) is 11.7. The van der Waals surface area contributed by atoms with E-state index in [-0.39, 0.29) is 6.04 Å². The van der Waals surface area contributed by atoms with Crippen molar-refractivity contribution < 1.29 is 0 Å². The number of nitrogens with one attached hydrogen (secondary N) is 1. The van der Waals surface area contributed by atoms with Crippen molar-refractivity contribution in [2.75, 3.05) is 5.32 Å². The van der Waals surface area contributed by atoms with Crippen LogP contribution in [0.5, 0.6) is 0 Å². The monoisotopic (exact) mass is 299 g/mol. The van der Waals surface area contributed by atoms with Crippen molar-refractivity contribution in [1.29, 1.82) is 0 Å². The second-order valence-corrected chi connectivity index (χ2v) is 6.21. The molecule has 0 fully saturated rings. The summed E-state index contributed by atoms with van der Waals surface area (Å²) >= 11 is 1.73. The standard InChI is InChI=1S/C15H17N5S/c1-10(16)6-12-7-13-15(21-12)14(9-19-20-13)18-8-11-2-4-17-5-3-11/h2-5,7,9-10H,6,8,16H2,1H3,(H,18,20)/t10-/m0/s1. The number of nitrogens with two attached hydrogens (primary N) is 1. The van der Waals surface area contributed by atoms with E-state index in [1.165, 1.54) is 10.4 Å². The summed E-state index contributed by atoms with van der Waals surface area (Å²) < 4.78 is 1.13. The molecular weight excluding hydrogens is 282 g/mol. The Bertz CT molecular complexity index is 723. The summed E-state index contributed by atoms with van der Waals surface area (Å²) in [6, 6.07) is 6.22. The SMILES string of the molecule is C[C@H](N)Cc1cc2nncc(NCc3ccncc3)c2s1. The Morgan fingerprint density at radius 1 is 1.33 bits per heavy atom. The van der Waals surface area contributed by atoms with Crippen LogP contribution >= 0.6 is 11.3 Å². The number of hydrogen-bond donors (Lipinski definition) is 2. The molecule has 6 heteroatoms. The fourth-order valence-electron chi connectivity index (χ4n) is 2.15. The van der Waals surface area contributed by atoms with Crippen molar-refractivity contribution in [2.45, 2.75) is 25.9 Å². The van der Waals surface area contributed by atoms with Crippen molar-refractivity contribution in [3.63, 3.8) is 0 Å². The van der Waals surface area contributed by atoms with Crippen LogP contribution in [0, 0.1) is 0 Å². The molecule has 0 aliphatic carbocycles. The maximum atomic E-state index is 5.87. The van der Waals surface area contributed by atoms with Crippen molar-refractivity contribution in [2.24, 2.45) is 5.73 Å². The quantitative estimate of drug-likeness (QED) is 0.757. The molecule has 1 atom stereocenters. The molecule has 0 amide bonds. The number of anilines is 1. The van der Waals surface area contributed by atoms with Crippen LogP contribution in [0.25, 0.3) is 10.2 Å². The Kier molecular flexibility index (Phi) is 4.08. The Balaban J connectivity index is 1.83. The van der Waals surface area contributed by atoms with Crippen LogP contribution in [0.4, 0.5) is 5.69 Å². The summed E-state index contributed by atoms with van der Waals surface area (Å²) in [6.45, 7) is 2.75. The summed E-state index contributed by atoms with van der Waals surface area (Å²) in [4.78, 5) is 5.26. The summed E-state index contributed by atoms with van der Waals surface area (Å²) in [5.74, 6) is 0. The molecule has 0 radical (unpaired) electrons. The second kappa shape index (κ2) is 6.15. The van der Waals surface area contributed by atoms with Crippen LogP contribution in [-0.4, -0.2) is 21.2 Å². The molecule has 0 aromatic carbocycles. The van der Waals surface area contributed by atoms with Gasteiger partial charge in [-0.1, -0.05) is 0 Å². The minimum Gasteiger partial charge on any atom is -0.378 e. The fourth-order valence-corrected chi connectivity index (χ4v) is 3.37. The minimum atomic E-state index is 0.152. The summed E-state index contributed by atoms with van der Waals surface area (Å²) in [5.41, 5.74) is 8.99. The summed E-state index contributed by atoms with van der Waals surface area (Å²) in [7, 11) is 0. The zero-order valence-corrected chi connectivity index (χ0v) is 12.6. The molecule has 3 aromatic rings. The number of rotatable bonds is 5. The van der Waals surface area contributed by atoms with E-state index in [0.717, 1.165) is 28.9 Å². The maximum Gasteiger partial charge on any atom is 0.106 e. The normalized spacial score (nSPS) is 12.5. The molecule has 0 aliphatic heterocycles. The number of hydrogen-bond acceptors (Lipinski definition) is 6. The number of aromatic nitrogens is 3. The number of thiophene rings is 1. The molecule has 3 aromatic heterocycles. The molecular formula is C15H17N5S. The van der Waals surface area contributed by atoms with Crippen molar-refractivity contribution >= 4 is 27.2 Å². The van der Waals surface area contributed by atoms with Crippen LogP contribution in [0.15, 0.2) is 36.8 Å². The van der Waals surface area contributed by atoms with Gasteiger partial charge >= 0.3 is 0 Å². The van der Waals surface area contributed by atoms with E-state index in [0.29, 0.717) is 0 Å². The van der Waals surface area contributed by atoms with Crippen LogP contribution < -0.4 is 11.1 Å². The van der Waals surface area contributed by atoms with Gasteiger partial charge in [0.25, 0.3) is 0 Å². The number of pyridine rings is 1. The van der Waals surface area contributed by atoms with E-state index < -0.39 is 0 Å². The molecule has 0 aliphatic rings. The molecule has 0 saturated carbocycles. The minimum absolute atomic E-state index is 0.152. The number of nitrogens with zero attached hydrogens (tertiary/aromatic N) is 3. The van der Waals surface area contributed by atoms with Gasteiger partial charge in [0.2, 0.25) is 0 Å². The van der Waals surface area contributed by atoms with Gasteiger partial charge in [-0.2, -0.15) is 5.10 Å². The Morgan fingerprint density at radius 2 is 2.14 bits per heavy atom. The van der Waals surface area contributed by atoms with Gasteiger partial charge in [0.15, 0.2) is 0 Å². The molecule has 0 bridgehead atoms. The Morgan fingerprint density at radius 3 is 2.90 bits per heavy atom. The maximum absolute atomic E-state index is 5.87. The smallest absolute Gasteiger partial charge is 0.106 e. The van der Waals surface area contributed by atoms with Crippen LogP contribution in [0.2, 0.25) is 0 Å². The topological polar surface area (TPSA) is 76.7 Å². The molecule has 108 valence electrons. The van der Waals surface area contributed by atoms with Gasteiger partial charge in [-0.15, -0.1) is 16.4 Å². The van der Waals surface area contributed by atoms with Gasteiger partial charge in [-0.25, -0.2) is 0 Å². The van der Waals surface area contributed by atoms with Crippen LogP contribution in [0.1, 0.15) is 17.4 Å². The third-order valence-corrected chi connectivity index (χ3v) is 4.30. The zero-order valence-electron chi connectivity index (χ0n) is 11.8. The first-order valence-electron chi connectivity index (χ1n) is 6.85. The Hall–Kier alpha value is -2.05. The first kappa shape index (κ1) is 13.9. The van der Waals surface area contributed by atoms with Crippen LogP contribution in [0.3, 0.4) is 0 Å². The predicted octanol–water partition coefficient (Wildman–Crippen LogP) is 2.59.